The number of ether oxygens (including phenoxy) is 2. The van der Waals surface area contributed by atoms with Crippen molar-refractivity contribution in [2.75, 3.05) is 18.1 Å². The van der Waals surface area contributed by atoms with Crippen molar-refractivity contribution in [3.63, 3.8) is 0 Å². The van der Waals surface area contributed by atoms with Crippen molar-refractivity contribution in [1.82, 2.24) is 0 Å². The Labute approximate surface area is 118 Å². The number of hydrogen-bond acceptors (Lipinski definition) is 4. The van der Waals surface area contributed by atoms with E-state index in [-0.39, 0.29) is 12.0 Å². The highest BCUT2D eigenvalue weighted by Gasteiger charge is 2.37. The number of fused-ring (bicyclic) bond motifs is 1. The van der Waals surface area contributed by atoms with E-state index in [1.54, 1.807) is 4.90 Å². The number of para-hydroxylation sites is 1. The van der Waals surface area contributed by atoms with E-state index in [1.165, 1.54) is 0 Å². The molecule has 2 atom stereocenters. The minimum absolute atomic E-state index is 0.0444. The van der Waals surface area contributed by atoms with Crippen molar-refractivity contribution < 1.29 is 14.3 Å². The highest BCUT2D eigenvalue weighted by Crippen LogP contribution is 2.29. The molecule has 1 saturated heterocycles. The highest BCUT2D eigenvalue weighted by molar-refractivity contribution is 6.00. The molecule has 1 aromatic carbocycles. The van der Waals surface area contributed by atoms with Gasteiger partial charge in [0.1, 0.15) is 6.10 Å². The normalized spacial score (nSPS) is 28.6. The maximum atomic E-state index is 12.3. The molecule has 0 saturated carbocycles. The van der Waals surface area contributed by atoms with Crippen LogP contribution in [0.4, 0.5) is 5.69 Å². The second-order valence-corrected chi connectivity index (χ2v) is 5.84. The number of carbonyl (C=O) groups is 1. The average molecular weight is 276 g/mol. The molecule has 0 unspecified atom stereocenters. The minimum Gasteiger partial charge on any atom is -0.348 e. The molecule has 5 nitrogen and oxygen atoms in total. The second-order valence-electron chi connectivity index (χ2n) is 5.84. The van der Waals surface area contributed by atoms with E-state index in [0.29, 0.717) is 19.6 Å². The number of anilines is 1. The zero-order valence-corrected chi connectivity index (χ0v) is 11.8. The molecule has 0 bridgehead atoms. The topological polar surface area (TPSA) is 64.8 Å². The molecule has 20 heavy (non-hydrogen) atoms. The zero-order chi connectivity index (χ0) is 14.3. The first kappa shape index (κ1) is 13.5. The Morgan fingerprint density at radius 1 is 1.40 bits per heavy atom. The van der Waals surface area contributed by atoms with Crippen LogP contribution in [-0.2, 0) is 20.7 Å². The highest BCUT2D eigenvalue weighted by atomic mass is 16.7. The van der Waals surface area contributed by atoms with Crippen molar-refractivity contribution in [1.29, 1.82) is 0 Å². The summed E-state index contributed by atoms with van der Waals surface area (Å²) >= 11 is 0. The number of amides is 1. The summed E-state index contributed by atoms with van der Waals surface area (Å²) in [5.41, 5.74) is 7.99. The maximum absolute atomic E-state index is 12.3. The molecule has 3 rings (SSSR count). The summed E-state index contributed by atoms with van der Waals surface area (Å²) in [7, 11) is 0. The van der Waals surface area contributed by atoms with Crippen LogP contribution < -0.4 is 10.6 Å². The van der Waals surface area contributed by atoms with E-state index in [2.05, 4.69) is 0 Å². The van der Waals surface area contributed by atoms with E-state index in [4.69, 9.17) is 15.2 Å². The van der Waals surface area contributed by atoms with Crippen molar-refractivity contribution in [3.05, 3.63) is 29.8 Å². The number of benzene rings is 1. The van der Waals surface area contributed by atoms with Gasteiger partial charge in [0.2, 0.25) is 5.91 Å². The van der Waals surface area contributed by atoms with Crippen LogP contribution in [0.3, 0.4) is 0 Å². The fourth-order valence-corrected chi connectivity index (χ4v) is 2.83. The molecule has 0 spiro atoms. The molecule has 1 amide bonds. The zero-order valence-electron chi connectivity index (χ0n) is 11.8. The van der Waals surface area contributed by atoms with Gasteiger partial charge in [-0.1, -0.05) is 18.2 Å². The SMILES string of the molecule is CC1(C)OC[C@@H](CN2C(=O)[C@H](N)Cc3ccccc32)O1. The molecule has 5 heteroatoms. The molecule has 2 aliphatic rings. The summed E-state index contributed by atoms with van der Waals surface area (Å²) in [6.45, 7) is 4.73. The maximum Gasteiger partial charge on any atom is 0.244 e. The van der Waals surface area contributed by atoms with E-state index in [1.807, 2.05) is 38.1 Å². The van der Waals surface area contributed by atoms with Gasteiger partial charge in [-0.25, -0.2) is 0 Å². The fourth-order valence-electron chi connectivity index (χ4n) is 2.83. The second kappa shape index (κ2) is 4.84. The molecular formula is C15H20N2O3. The molecule has 0 aromatic heterocycles. The first-order valence-electron chi connectivity index (χ1n) is 6.93. The lowest BCUT2D eigenvalue weighted by molar-refractivity contribution is -0.138. The standard InChI is InChI=1S/C15H20N2O3/c1-15(2)19-9-11(20-15)8-17-13-6-4-3-5-10(13)7-12(16)14(17)18/h3-6,11-12H,7-9,16H2,1-2H3/t11-,12-/m1/s1. The monoisotopic (exact) mass is 276 g/mol. The number of rotatable bonds is 2. The molecule has 2 aliphatic heterocycles. The molecule has 108 valence electrons. The Hall–Kier alpha value is -1.43. The van der Waals surface area contributed by atoms with Gasteiger partial charge in [0, 0.05) is 5.69 Å². The number of carbonyl (C=O) groups excluding carboxylic acids is 1. The predicted molar refractivity (Wildman–Crippen MR) is 75.4 cm³/mol. The fraction of sp³-hybridized carbons (Fsp3) is 0.533. The van der Waals surface area contributed by atoms with Crippen molar-refractivity contribution in [3.8, 4) is 0 Å². The largest absolute Gasteiger partial charge is 0.348 e. The lowest BCUT2D eigenvalue weighted by Crippen LogP contribution is -2.51. The van der Waals surface area contributed by atoms with Crippen molar-refractivity contribution >= 4 is 11.6 Å². The third-order valence-electron chi connectivity index (χ3n) is 3.76. The van der Waals surface area contributed by atoms with E-state index in [9.17, 15) is 4.79 Å². The quantitative estimate of drug-likeness (QED) is 0.877. The van der Waals surface area contributed by atoms with Gasteiger partial charge in [0.15, 0.2) is 5.79 Å². The van der Waals surface area contributed by atoms with Crippen LogP contribution in [0.5, 0.6) is 0 Å². The third-order valence-corrected chi connectivity index (χ3v) is 3.76. The van der Waals surface area contributed by atoms with E-state index in [0.717, 1.165) is 11.3 Å². The number of nitrogens with two attached hydrogens (primary N) is 1. The summed E-state index contributed by atoms with van der Waals surface area (Å²) in [4.78, 5) is 14.1. The lowest BCUT2D eigenvalue weighted by atomic mass is 9.97. The Kier molecular flexibility index (Phi) is 3.28. The van der Waals surface area contributed by atoms with Crippen LogP contribution in [0.1, 0.15) is 19.4 Å². The predicted octanol–water partition coefficient (Wildman–Crippen LogP) is 1.05. The van der Waals surface area contributed by atoms with Crippen molar-refractivity contribution in [2.24, 2.45) is 5.73 Å². The summed E-state index contributed by atoms with van der Waals surface area (Å²) in [5, 5.41) is 0. The average Bonchev–Trinajstić information content (AvgIpc) is 2.74. The number of hydrogen-bond donors (Lipinski definition) is 1. The first-order valence-corrected chi connectivity index (χ1v) is 6.93. The van der Waals surface area contributed by atoms with Crippen LogP contribution in [0.2, 0.25) is 0 Å². The van der Waals surface area contributed by atoms with Gasteiger partial charge in [0.25, 0.3) is 0 Å². The molecule has 0 aliphatic carbocycles. The summed E-state index contributed by atoms with van der Waals surface area (Å²) in [5.74, 6) is -0.623. The Bertz CT molecular complexity index is 530. The van der Waals surface area contributed by atoms with Crippen LogP contribution in [0, 0.1) is 0 Å². The molecule has 0 radical (unpaired) electrons. The van der Waals surface area contributed by atoms with Gasteiger partial charge in [-0.15, -0.1) is 0 Å². The van der Waals surface area contributed by atoms with Gasteiger partial charge >= 0.3 is 0 Å². The van der Waals surface area contributed by atoms with Gasteiger partial charge in [-0.05, 0) is 31.9 Å². The summed E-state index contributed by atoms with van der Waals surface area (Å²) in [6.07, 6.45) is 0.478. The first-order chi connectivity index (χ1) is 9.46. The van der Waals surface area contributed by atoms with E-state index >= 15 is 0 Å². The Morgan fingerprint density at radius 2 is 2.15 bits per heavy atom. The third kappa shape index (κ3) is 2.44. The molecule has 1 fully saturated rings. The van der Waals surface area contributed by atoms with Gasteiger partial charge in [-0.2, -0.15) is 0 Å². The van der Waals surface area contributed by atoms with Crippen LogP contribution in [0.15, 0.2) is 24.3 Å². The summed E-state index contributed by atoms with van der Waals surface area (Å²) in [6, 6.07) is 7.41. The molecular weight excluding hydrogens is 256 g/mol. The van der Waals surface area contributed by atoms with Crippen molar-refractivity contribution in [2.45, 2.75) is 38.2 Å². The van der Waals surface area contributed by atoms with Crippen LogP contribution in [0.25, 0.3) is 0 Å². The van der Waals surface area contributed by atoms with Gasteiger partial charge in [-0.3, -0.25) is 4.79 Å². The molecule has 1 aromatic rings. The molecule has 2 N–H and O–H groups in total. The molecule has 2 heterocycles. The Balaban J connectivity index is 1.83. The van der Waals surface area contributed by atoms with Gasteiger partial charge < -0.3 is 20.1 Å². The van der Waals surface area contributed by atoms with Crippen LogP contribution >= 0.6 is 0 Å². The number of nitrogens with zero attached hydrogens (tertiary/aromatic N) is 1. The van der Waals surface area contributed by atoms with Crippen LogP contribution in [-0.4, -0.2) is 37.0 Å². The lowest BCUT2D eigenvalue weighted by Gasteiger charge is -2.34. The van der Waals surface area contributed by atoms with E-state index < -0.39 is 11.8 Å². The smallest absolute Gasteiger partial charge is 0.244 e. The Morgan fingerprint density at radius 3 is 2.85 bits per heavy atom. The van der Waals surface area contributed by atoms with Gasteiger partial charge in [0.05, 0.1) is 19.2 Å². The minimum atomic E-state index is -0.578. The summed E-state index contributed by atoms with van der Waals surface area (Å²) < 4.78 is 11.3.